The largest absolute Gasteiger partial charge is 0.496 e. The molecule has 1 aromatic rings. The van der Waals surface area contributed by atoms with Crippen LogP contribution in [0.2, 0.25) is 0 Å². The lowest BCUT2D eigenvalue weighted by atomic mass is 9.78. The summed E-state index contributed by atoms with van der Waals surface area (Å²) in [6.07, 6.45) is 1.16. The van der Waals surface area contributed by atoms with E-state index < -0.39 is 0 Å². The summed E-state index contributed by atoms with van der Waals surface area (Å²) < 4.78 is 5.53. The minimum absolute atomic E-state index is 0.163. The van der Waals surface area contributed by atoms with Gasteiger partial charge in [0.2, 0.25) is 0 Å². The van der Waals surface area contributed by atoms with Crippen LogP contribution >= 0.6 is 0 Å². The molecule has 3 nitrogen and oxygen atoms in total. The van der Waals surface area contributed by atoms with E-state index in [2.05, 4.69) is 51.7 Å². The van der Waals surface area contributed by atoms with E-state index >= 15 is 0 Å². The Balaban J connectivity index is 2.64. The monoisotopic (exact) mass is 276 g/mol. The Morgan fingerprint density at radius 1 is 1.40 bits per heavy atom. The van der Waals surface area contributed by atoms with Crippen molar-refractivity contribution in [2.24, 2.45) is 5.73 Å². The van der Waals surface area contributed by atoms with E-state index in [9.17, 15) is 0 Å². The van der Waals surface area contributed by atoms with E-state index in [4.69, 9.17) is 10.5 Å². The number of hydrogen-bond acceptors (Lipinski definition) is 3. The fourth-order valence-electron chi connectivity index (χ4n) is 3.85. The topological polar surface area (TPSA) is 38.5 Å². The highest BCUT2D eigenvalue weighted by molar-refractivity contribution is 5.64. The van der Waals surface area contributed by atoms with Crippen LogP contribution in [0.25, 0.3) is 0 Å². The molecule has 0 bridgehead atoms. The van der Waals surface area contributed by atoms with Gasteiger partial charge in [-0.15, -0.1) is 0 Å². The summed E-state index contributed by atoms with van der Waals surface area (Å²) >= 11 is 0. The number of fused-ring (bicyclic) bond motifs is 1. The molecule has 2 N–H and O–H groups in total. The number of ether oxygens (including phenoxy) is 1. The second-order valence-electron chi connectivity index (χ2n) is 6.81. The summed E-state index contributed by atoms with van der Waals surface area (Å²) in [6.45, 7) is 12.0. The maximum Gasteiger partial charge on any atom is 0.125 e. The normalized spacial score (nSPS) is 21.0. The Bertz CT molecular complexity index is 494. The van der Waals surface area contributed by atoms with Gasteiger partial charge in [-0.3, -0.25) is 0 Å². The van der Waals surface area contributed by atoms with Crippen molar-refractivity contribution in [1.29, 1.82) is 0 Å². The highest BCUT2D eigenvalue weighted by Crippen LogP contribution is 2.46. The van der Waals surface area contributed by atoms with Crippen molar-refractivity contribution in [3.8, 4) is 5.75 Å². The molecule has 1 heterocycles. The summed E-state index contributed by atoms with van der Waals surface area (Å²) in [4.78, 5) is 2.52. The summed E-state index contributed by atoms with van der Waals surface area (Å²) in [7, 11) is 1.72. The zero-order valence-corrected chi connectivity index (χ0v) is 13.7. The molecule has 0 saturated carbocycles. The van der Waals surface area contributed by atoms with E-state index in [1.54, 1.807) is 7.11 Å². The van der Waals surface area contributed by atoms with Gasteiger partial charge >= 0.3 is 0 Å². The molecule has 0 radical (unpaired) electrons. The minimum Gasteiger partial charge on any atom is -0.496 e. The molecule has 2 rings (SSSR count). The lowest BCUT2D eigenvalue weighted by molar-refractivity contribution is 0.353. The van der Waals surface area contributed by atoms with Gasteiger partial charge in [-0.05, 0) is 51.7 Å². The molecule has 1 atom stereocenters. The lowest BCUT2D eigenvalue weighted by Crippen LogP contribution is -2.51. The highest BCUT2D eigenvalue weighted by atomic mass is 16.5. The van der Waals surface area contributed by atoms with Crippen LogP contribution in [-0.2, 0) is 6.54 Å². The third kappa shape index (κ3) is 2.39. The Morgan fingerprint density at radius 3 is 2.55 bits per heavy atom. The molecule has 0 amide bonds. The van der Waals surface area contributed by atoms with E-state index in [1.165, 1.54) is 11.3 Å². The van der Waals surface area contributed by atoms with E-state index in [1.807, 2.05) is 0 Å². The van der Waals surface area contributed by atoms with Crippen LogP contribution in [0, 0.1) is 0 Å². The maximum atomic E-state index is 5.86. The molecule has 1 aliphatic heterocycles. The van der Waals surface area contributed by atoms with Gasteiger partial charge in [-0.25, -0.2) is 0 Å². The van der Waals surface area contributed by atoms with Crippen LogP contribution in [0.1, 0.15) is 58.1 Å². The van der Waals surface area contributed by atoms with Crippen LogP contribution in [0.3, 0.4) is 0 Å². The zero-order chi connectivity index (χ0) is 15.1. The van der Waals surface area contributed by atoms with E-state index in [0.717, 1.165) is 17.7 Å². The highest BCUT2D eigenvalue weighted by Gasteiger charge is 2.38. The first-order chi connectivity index (χ1) is 9.31. The smallest absolute Gasteiger partial charge is 0.125 e. The SMILES string of the molecule is COc1cc2c(cc1CN)[C@@H](C)CC(C)(C)N2C(C)C. The standard InChI is InChI=1S/C17H28N2O/c1-11(2)19-15-8-16(20-6)13(10-18)7-14(15)12(3)9-17(19,4)5/h7-8,11-12H,9-10,18H2,1-6H3/t12-/m0/s1. The van der Waals surface area contributed by atoms with Gasteiger partial charge in [0, 0.05) is 35.4 Å². The number of rotatable bonds is 3. The maximum absolute atomic E-state index is 5.86. The van der Waals surface area contributed by atoms with Crippen molar-refractivity contribution in [3.63, 3.8) is 0 Å². The van der Waals surface area contributed by atoms with E-state index in [-0.39, 0.29) is 5.54 Å². The molecule has 0 spiro atoms. The summed E-state index contributed by atoms with van der Waals surface area (Å²) in [5.74, 6) is 1.45. The first kappa shape index (κ1) is 15.2. The first-order valence-electron chi connectivity index (χ1n) is 7.52. The van der Waals surface area contributed by atoms with Gasteiger partial charge in [-0.1, -0.05) is 6.92 Å². The van der Waals surface area contributed by atoms with Gasteiger partial charge in [0.25, 0.3) is 0 Å². The third-order valence-electron chi connectivity index (χ3n) is 4.41. The van der Waals surface area contributed by atoms with Gasteiger partial charge in [0.05, 0.1) is 7.11 Å². The molecule has 3 heteroatoms. The molecule has 112 valence electrons. The lowest BCUT2D eigenvalue weighted by Gasteiger charge is -2.50. The van der Waals surface area contributed by atoms with Crippen LogP contribution in [0.5, 0.6) is 5.75 Å². The van der Waals surface area contributed by atoms with Gasteiger partial charge in [-0.2, -0.15) is 0 Å². The van der Waals surface area contributed by atoms with Gasteiger partial charge in [0.1, 0.15) is 5.75 Å². The Morgan fingerprint density at radius 2 is 2.05 bits per heavy atom. The minimum atomic E-state index is 0.163. The molecule has 0 saturated heterocycles. The molecule has 1 aromatic carbocycles. The van der Waals surface area contributed by atoms with Crippen molar-refractivity contribution in [2.75, 3.05) is 12.0 Å². The van der Waals surface area contributed by atoms with Crippen molar-refractivity contribution >= 4 is 5.69 Å². The van der Waals surface area contributed by atoms with Gasteiger partial charge in [0.15, 0.2) is 0 Å². The average molecular weight is 276 g/mol. The molecular weight excluding hydrogens is 248 g/mol. The summed E-state index contributed by atoms with van der Waals surface area (Å²) in [6, 6.07) is 4.88. The molecule has 20 heavy (non-hydrogen) atoms. The Kier molecular flexibility index (Phi) is 4.01. The number of hydrogen-bond donors (Lipinski definition) is 1. The van der Waals surface area contributed by atoms with E-state index in [0.29, 0.717) is 18.5 Å². The molecular formula is C17H28N2O. The van der Waals surface area contributed by atoms with Crippen LogP contribution in [0.4, 0.5) is 5.69 Å². The first-order valence-corrected chi connectivity index (χ1v) is 7.52. The molecule has 0 fully saturated rings. The number of nitrogens with two attached hydrogens (primary N) is 1. The van der Waals surface area contributed by atoms with Crippen molar-refractivity contribution < 1.29 is 4.74 Å². The fourth-order valence-corrected chi connectivity index (χ4v) is 3.85. The molecule has 1 aliphatic rings. The second kappa shape index (κ2) is 5.28. The second-order valence-corrected chi connectivity index (χ2v) is 6.81. The Hall–Kier alpha value is -1.22. The van der Waals surface area contributed by atoms with Crippen molar-refractivity contribution in [1.82, 2.24) is 0 Å². The van der Waals surface area contributed by atoms with Crippen LogP contribution in [0.15, 0.2) is 12.1 Å². The number of anilines is 1. The summed E-state index contributed by atoms with van der Waals surface area (Å²) in [5, 5.41) is 0. The van der Waals surface area contributed by atoms with Gasteiger partial charge < -0.3 is 15.4 Å². The summed E-state index contributed by atoms with van der Waals surface area (Å²) in [5.41, 5.74) is 9.83. The predicted octanol–water partition coefficient (Wildman–Crippen LogP) is 3.65. The Labute approximate surface area is 123 Å². The number of benzene rings is 1. The molecule has 0 aliphatic carbocycles. The molecule has 0 unspecified atom stereocenters. The molecule has 0 aromatic heterocycles. The van der Waals surface area contributed by atoms with Crippen molar-refractivity contribution in [2.45, 2.75) is 65.1 Å². The van der Waals surface area contributed by atoms with Crippen molar-refractivity contribution in [3.05, 3.63) is 23.3 Å². The third-order valence-corrected chi connectivity index (χ3v) is 4.41. The predicted molar refractivity (Wildman–Crippen MR) is 85.6 cm³/mol. The quantitative estimate of drug-likeness (QED) is 0.915. The number of nitrogens with zero attached hydrogens (tertiary/aromatic N) is 1. The van der Waals surface area contributed by atoms with Crippen LogP contribution < -0.4 is 15.4 Å². The fraction of sp³-hybridized carbons (Fsp3) is 0.647. The number of methoxy groups -OCH3 is 1. The van der Waals surface area contributed by atoms with Crippen LogP contribution in [-0.4, -0.2) is 18.7 Å². The average Bonchev–Trinajstić information content (AvgIpc) is 2.35. The zero-order valence-electron chi connectivity index (χ0n) is 13.7.